The fourth-order valence-electron chi connectivity index (χ4n) is 3.85. The van der Waals surface area contributed by atoms with Crippen LogP contribution in [0.4, 0.5) is 13.2 Å². The normalized spacial score (nSPS) is 17.9. The van der Waals surface area contributed by atoms with Crippen LogP contribution in [-0.2, 0) is 18.2 Å². The minimum absolute atomic E-state index is 0.353. The van der Waals surface area contributed by atoms with E-state index >= 15 is 0 Å². The number of aromatic amines is 1. The molecule has 1 aliphatic rings. The zero-order valence-corrected chi connectivity index (χ0v) is 15.3. The number of nitrogens with zero attached hydrogens (tertiary/aromatic N) is 2. The molecule has 0 saturated carbocycles. The predicted octanol–water partition coefficient (Wildman–Crippen LogP) is 4.11. The van der Waals surface area contributed by atoms with Gasteiger partial charge < -0.3 is 15.0 Å². The maximum atomic E-state index is 13.0. The second-order valence-electron chi connectivity index (χ2n) is 7.46. The van der Waals surface area contributed by atoms with E-state index in [1.807, 2.05) is 6.07 Å². The van der Waals surface area contributed by atoms with Crippen LogP contribution in [0.15, 0.2) is 48.8 Å². The third-order valence-corrected chi connectivity index (χ3v) is 5.61. The molecule has 4 nitrogen and oxygen atoms in total. The first-order valence-corrected chi connectivity index (χ1v) is 9.38. The van der Waals surface area contributed by atoms with Gasteiger partial charge in [0.15, 0.2) is 0 Å². The van der Waals surface area contributed by atoms with Crippen LogP contribution in [0.25, 0.3) is 11.0 Å². The molecule has 2 aromatic carbocycles. The topological polar surface area (TPSA) is 52.1 Å². The highest BCUT2D eigenvalue weighted by atomic mass is 19.4. The molecule has 0 aliphatic carbocycles. The molecule has 0 amide bonds. The molecule has 148 valence electrons. The van der Waals surface area contributed by atoms with Gasteiger partial charge in [-0.15, -0.1) is 0 Å². The first-order chi connectivity index (χ1) is 13.3. The molecule has 28 heavy (non-hydrogen) atoms. The van der Waals surface area contributed by atoms with Crippen LogP contribution >= 0.6 is 0 Å². The summed E-state index contributed by atoms with van der Waals surface area (Å²) in [5.74, 6) is 0. The van der Waals surface area contributed by atoms with Crippen LogP contribution < -0.4 is 0 Å². The van der Waals surface area contributed by atoms with E-state index in [2.05, 4.69) is 27.0 Å². The summed E-state index contributed by atoms with van der Waals surface area (Å²) in [6.45, 7) is 2.15. The number of alkyl halides is 3. The second kappa shape index (κ2) is 7.22. The highest BCUT2D eigenvalue weighted by Gasteiger charge is 2.36. The fourth-order valence-corrected chi connectivity index (χ4v) is 3.85. The number of nitrogens with one attached hydrogen (secondary N) is 1. The minimum Gasteiger partial charge on any atom is -0.385 e. The summed E-state index contributed by atoms with van der Waals surface area (Å²) in [6, 6.07) is 11.2. The van der Waals surface area contributed by atoms with E-state index in [-0.39, 0.29) is 0 Å². The number of aliphatic hydroxyl groups is 1. The summed E-state index contributed by atoms with van der Waals surface area (Å²) >= 11 is 0. The molecule has 0 spiro atoms. The van der Waals surface area contributed by atoms with Gasteiger partial charge in [0.1, 0.15) is 0 Å². The Bertz CT molecular complexity index is 959. The van der Waals surface area contributed by atoms with E-state index < -0.39 is 17.3 Å². The number of hydrogen-bond acceptors (Lipinski definition) is 3. The number of rotatable bonds is 4. The van der Waals surface area contributed by atoms with Crippen LogP contribution in [0.5, 0.6) is 0 Å². The number of piperidine rings is 1. The van der Waals surface area contributed by atoms with Crippen molar-refractivity contribution in [1.82, 2.24) is 14.9 Å². The van der Waals surface area contributed by atoms with Gasteiger partial charge >= 0.3 is 6.18 Å². The fraction of sp³-hybridized carbons (Fsp3) is 0.381. The maximum absolute atomic E-state index is 13.0. The quantitative estimate of drug-likeness (QED) is 0.706. The van der Waals surface area contributed by atoms with Crippen molar-refractivity contribution in [3.63, 3.8) is 0 Å². The van der Waals surface area contributed by atoms with Crippen molar-refractivity contribution in [2.24, 2.45) is 0 Å². The van der Waals surface area contributed by atoms with E-state index in [0.29, 0.717) is 31.5 Å². The van der Waals surface area contributed by atoms with Crippen molar-refractivity contribution >= 4 is 11.0 Å². The number of aromatic nitrogens is 2. The average Bonchev–Trinajstić information content (AvgIpc) is 3.15. The van der Waals surface area contributed by atoms with Crippen molar-refractivity contribution in [3.05, 3.63) is 65.5 Å². The lowest BCUT2D eigenvalue weighted by Crippen LogP contribution is -2.43. The molecule has 0 atom stereocenters. The van der Waals surface area contributed by atoms with Gasteiger partial charge in [-0.1, -0.05) is 18.2 Å². The standard InChI is InChI=1S/C21H22F3N3O/c22-21(23,24)17-3-1-2-16(13-17)20(28)7-10-27(11-8-20)9-6-15-4-5-18-19(12-15)26-14-25-18/h1-5,12-14,28H,6-11H2,(H,25,26). The van der Waals surface area contributed by atoms with Crippen LogP contribution in [0, 0.1) is 0 Å². The highest BCUT2D eigenvalue weighted by Crippen LogP contribution is 2.36. The van der Waals surface area contributed by atoms with Crippen molar-refractivity contribution in [2.75, 3.05) is 19.6 Å². The summed E-state index contributed by atoms with van der Waals surface area (Å²) in [7, 11) is 0. The van der Waals surface area contributed by atoms with Crippen molar-refractivity contribution in [2.45, 2.75) is 31.0 Å². The van der Waals surface area contributed by atoms with E-state index in [4.69, 9.17) is 0 Å². The summed E-state index contributed by atoms with van der Waals surface area (Å²) in [5.41, 5.74) is 1.59. The zero-order chi connectivity index (χ0) is 19.8. The summed E-state index contributed by atoms with van der Waals surface area (Å²) in [5, 5.41) is 10.9. The predicted molar refractivity (Wildman–Crippen MR) is 101 cm³/mol. The van der Waals surface area contributed by atoms with Crippen LogP contribution in [-0.4, -0.2) is 39.6 Å². The van der Waals surface area contributed by atoms with Gasteiger partial charge in [0.25, 0.3) is 0 Å². The van der Waals surface area contributed by atoms with Gasteiger partial charge in [-0.05, 0) is 54.7 Å². The molecule has 1 fully saturated rings. The molecule has 1 saturated heterocycles. The van der Waals surface area contributed by atoms with Crippen LogP contribution in [0.2, 0.25) is 0 Å². The number of hydrogen-bond donors (Lipinski definition) is 2. The lowest BCUT2D eigenvalue weighted by Gasteiger charge is -2.38. The lowest BCUT2D eigenvalue weighted by molar-refractivity contribution is -0.137. The number of benzene rings is 2. The maximum Gasteiger partial charge on any atom is 0.416 e. The molecule has 3 aromatic rings. The molecule has 0 bridgehead atoms. The molecular formula is C21H22F3N3O. The minimum atomic E-state index is -4.40. The molecule has 7 heteroatoms. The van der Waals surface area contributed by atoms with E-state index in [9.17, 15) is 18.3 Å². The van der Waals surface area contributed by atoms with Gasteiger partial charge in [-0.3, -0.25) is 0 Å². The van der Waals surface area contributed by atoms with Crippen molar-refractivity contribution in [1.29, 1.82) is 0 Å². The molecule has 0 radical (unpaired) electrons. The number of H-pyrrole nitrogens is 1. The van der Waals surface area contributed by atoms with E-state index in [1.165, 1.54) is 11.6 Å². The number of halogens is 3. The molecule has 4 rings (SSSR count). The lowest BCUT2D eigenvalue weighted by atomic mass is 9.83. The second-order valence-corrected chi connectivity index (χ2v) is 7.46. The summed E-state index contributed by atoms with van der Waals surface area (Å²) in [6.07, 6.45) is -1.00. The number of imidazole rings is 1. The van der Waals surface area contributed by atoms with Gasteiger partial charge in [0, 0.05) is 19.6 Å². The molecule has 1 aliphatic heterocycles. The summed E-state index contributed by atoms with van der Waals surface area (Å²) < 4.78 is 38.9. The van der Waals surface area contributed by atoms with Gasteiger partial charge in [0.2, 0.25) is 0 Å². The van der Waals surface area contributed by atoms with Crippen LogP contribution in [0.1, 0.15) is 29.5 Å². The molecule has 0 unspecified atom stereocenters. The Labute approximate surface area is 161 Å². The van der Waals surface area contributed by atoms with Gasteiger partial charge in [0.05, 0.1) is 28.5 Å². The third kappa shape index (κ3) is 3.91. The Kier molecular flexibility index (Phi) is 4.89. The van der Waals surface area contributed by atoms with Crippen molar-refractivity contribution in [3.8, 4) is 0 Å². The van der Waals surface area contributed by atoms with Crippen molar-refractivity contribution < 1.29 is 18.3 Å². The zero-order valence-electron chi connectivity index (χ0n) is 15.3. The molecule has 1 aromatic heterocycles. The third-order valence-electron chi connectivity index (χ3n) is 5.61. The van der Waals surface area contributed by atoms with E-state index in [0.717, 1.165) is 36.1 Å². The first kappa shape index (κ1) is 19.0. The molecule has 2 N–H and O–H groups in total. The smallest absolute Gasteiger partial charge is 0.385 e. The monoisotopic (exact) mass is 389 g/mol. The van der Waals surface area contributed by atoms with Gasteiger partial charge in [-0.2, -0.15) is 13.2 Å². The van der Waals surface area contributed by atoms with E-state index in [1.54, 1.807) is 12.4 Å². The molecule has 2 heterocycles. The number of likely N-dealkylation sites (tertiary alicyclic amines) is 1. The van der Waals surface area contributed by atoms with Gasteiger partial charge in [-0.25, -0.2) is 4.98 Å². The Morgan fingerprint density at radius 3 is 2.64 bits per heavy atom. The molecular weight excluding hydrogens is 367 g/mol. The Morgan fingerprint density at radius 1 is 1.11 bits per heavy atom. The van der Waals surface area contributed by atoms with Crippen LogP contribution in [0.3, 0.4) is 0 Å². The summed E-state index contributed by atoms with van der Waals surface area (Å²) in [4.78, 5) is 9.56. The average molecular weight is 389 g/mol. The largest absolute Gasteiger partial charge is 0.416 e. The first-order valence-electron chi connectivity index (χ1n) is 9.38. The highest BCUT2D eigenvalue weighted by molar-refractivity contribution is 5.75. The number of fused-ring (bicyclic) bond motifs is 1. The Balaban J connectivity index is 1.37. The SMILES string of the molecule is OC1(c2cccc(C(F)(F)F)c2)CCN(CCc2ccc3nc[nH]c3c2)CC1. The Hall–Kier alpha value is -2.38. The Morgan fingerprint density at radius 2 is 1.89 bits per heavy atom.